The molecule has 1 aliphatic heterocycles. The van der Waals surface area contributed by atoms with E-state index < -0.39 is 0 Å². The van der Waals surface area contributed by atoms with Crippen LogP contribution in [0.3, 0.4) is 0 Å². The molecule has 0 bridgehead atoms. The number of ether oxygens (including phenoxy) is 2. The minimum Gasteiger partial charge on any atom is -0.454 e. The molecule has 1 atom stereocenters. The van der Waals surface area contributed by atoms with E-state index in [4.69, 9.17) is 15.2 Å². The number of hydrogen-bond donors (Lipinski definition) is 2. The number of aromatic nitrogens is 1. The van der Waals surface area contributed by atoms with Gasteiger partial charge in [-0.3, -0.25) is 4.79 Å². The summed E-state index contributed by atoms with van der Waals surface area (Å²) in [4.78, 5) is 16.4. The Bertz CT molecular complexity index is 686. The minimum absolute atomic E-state index is 0.177. The van der Waals surface area contributed by atoms with Gasteiger partial charge >= 0.3 is 0 Å². The molecule has 116 valence electrons. The van der Waals surface area contributed by atoms with Crippen molar-refractivity contribution >= 4 is 17.2 Å². The van der Waals surface area contributed by atoms with Crippen molar-refractivity contribution in [3.05, 3.63) is 29.3 Å². The highest BCUT2D eigenvalue weighted by Crippen LogP contribution is 2.36. The second-order valence-corrected chi connectivity index (χ2v) is 6.01. The van der Waals surface area contributed by atoms with Gasteiger partial charge in [0.25, 0.3) is 5.91 Å². The maximum Gasteiger partial charge on any atom is 0.270 e. The predicted octanol–water partition coefficient (Wildman–Crippen LogP) is 1.86. The van der Waals surface area contributed by atoms with Crippen molar-refractivity contribution in [1.82, 2.24) is 10.3 Å². The molecule has 2 aromatic rings. The van der Waals surface area contributed by atoms with Crippen molar-refractivity contribution in [3.8, 4) is 22.1 Å². The van der Waals surface area contributed by atoms with Crippen LogP contribution in [0, 0.1) is 5.92 Å². The number of fused-ring (bicyclic) bond motifs is 1. The molecule has 2 heterocycles. The van der Waals surface area contributed by atoms with Crippen LogP contribution in [0.5, 0.6) is 11.5 Å². The summed E-state index contributed by atoms with van der Waals surface area (Å²) in [5.74, 6) is 1.50. The van der Waals surface area contributed by atoms with E-state index in [1.54, 1.807) is 5.38 Å². The Labute approximate surface area is 132 Å². The van der Waals surface area contributed by atoms with E-state index in [1.165, 1.54) is 11.3 Å². The number of rotatable bonds is 5. The number of nitrogens with two attached hydrogens (primary N) is 1. The Kier molecular flexibility index (Phi) is 4.26. The van der Waals surface area contributed by atoms with E-state index in [1.807, 2.05) is 25.1 Å². The lowest BCUT2D eigenvalue weighted by molar-refractivity contribution is 0.0944. The largest absolute Gasteiger partial charge is 0.454 e. The van der Waals surface area contributed by atoms with E-state index >= 15 is 0 Å². The third kappa shape index (κ3) is 3.05. The fourth-order valence-corrected chi connectivity index (χ4v) is 2.78. The first-order valence-electron chi connectivity index (χ1n) is 7.01. The van der Waals surface area contributed by atoms with Crippen LogP contribution in [-0.4, -0.2) is 30.8 Å². The number of carbonyl (C=O) groups excluding carboxylic acids is 1. The van der Waals surface area contributed by atoms with Gasteiger partial charge in [-0.25, -0.2) is 4.98 Å². The summed E-state index contributed by atoms with van der Waals surface area (Å²) < 4.78 is 10.6. The van der Waals surface area contributed by atoms with Crippen LogP contribution in [0.4, 0.5) is 0 Å². The van der Waals surface area contributed by atoms with Crippen molar-refractivity contribution in [2.75, 3.05) is 19.9 Å². The minimum atomic E-state index is -0.177. The van der Waals surface area contributed by atoms with Gasteiger partial charge in [-0.2, -0.15) is 0 Å². The van der Waals surface area contributed by atoms with Crippen molar-refractivity contribution in [3.63, 3.8) is 0 Å². The first-order chi connectivity index (χ1) is 10.7. The predicted molar refractivity (Wildman–Crippen MR) is 84.2 cm³/mol. The van der Waals surface area contributed by atoms with Gasteiger partial charge in [0.2, 0.25) is 6.79 Å². The lowest BCUT2D eigenvalue weighted by Crippen LogP contribution is -2.31. The van der Waals surface area contributed by atoms with Crippen LogP contribution in [-0.2, 0) is 0 Å². The zero-order valence-corrected chi connectivity index (χ0v) is 13.0. The second kappa shape index (κ2) is 6.33. The number of nitrogens with one attached hydrogen (secondary N) is 1. The zero-order valence-electron chi connectivity index (χ0n) is 12.2. The molecule has 6 nitrogen and oxygen atoms in total. The molecule has 1 amide bonds. The summed E-state index contributed by atoms with van der Waals surface area (Å²) in [6.45, 7) is 3.31. The third-order valence-electron chi connectivity index (χ3n) is 3.37. The van der Waals surface area contributed by atoms with E-state index in [2.05, 4.69) is 10.3 Å². The average Bonchev–Trinajstić information content (AvgIpc) is 3.20. The average molecular weight is 319 g/mol. The van der Waals surface area contributed by atoms with E-state index in [0.29, 0.717) is 24.5 Å². The number of benzene rings is 1. The van der Waals surface area contributed by atoms with Gasteiger partial charge in [0.15, 0.2) is 11.5 Å². The summed E-state index contributed by atoms with van der Waals surface area (Å²) in [5, 5.41) is 5.36. The Balaban J connectivity index is 1.72. The normalized spacial score (nSPS) is 13.9. The van der Waals surface area contributed by atoms with Gasteiger partial charge in [-0.15, -0.1) is 11.3 Å². The van der Waals surface area contributed by atoms with Gasteiger partial charge in [-0.05, 0) is 30.7 Å². The van der Waals surface area contributed by atoms with Crippen LogP contribution in [0.25, 0.3) is 10.6 Å². The van der Waals surface area contributed by atoms with Crippen LogP contribution in [0.15, 0.2) is 23.6 Å². The van der Waals surface area contributed by atoms with Crippen molar-refractivity contribution in [2.45, 2.75) is 6.92 Å². The molecule has 3 N–H and O–H groups in total. The SMILES string of the molecule is CC(CN)CNC(=O)c1csc(-c2ccc3c(c2)OCO3)n1. The second-order valence-electron chi connectivity index (χ2n) is 5.16. The summed E-state index contributed by atoms with van der Waals surface area (Å²) in [6.07, 6.45) is 0. The standard InChI is InChI=1S/C15H17N3O3S/c1-9(5-16)6-17-14(19)11-7-22-15(18-11)10-2-3-12-13(4-10)21-8-20-12/h2-4,7,9H,5-6,8,16H2,1H3,(H,17,19). The first kappa shape index (κ1) is 14.8. The molecule has 0 saturated carbocycles. The summed E-state index contributed by atoms with van der Waals surface area (Å²) >= 11 is 1.42. The van der Waals surface area contributed by atoms with E-state index in [0.717, 1.165) is 16.3 Å². The van der Waals surface area contributed by atoms with Gasteiger partial charge in [0, 0.05) is 17.5 Å². The Hall–Kier alpha value is -2.12. The quantitative estimate of drug-likeness (QED) is 0.878. The fourth-order valence-electron chi connectivity index (χ4n) is 1.98. The van der Waals surface area contributed by atoms with Crippen LogP contribution < -0.4 is 20.5 Å². The van der Waals surface area contributed by atoms with E-state index in [9.17, 15) is 4.79 Å². The van der Waals surface area contributed by atoms with E-state index in [-0.39, 0.29) is 18.6 Å². The molecule has 0 aliphatic carbocycles. The maximum atomic E-state index is 12.0. The lowest BCUT2D eigenvalue weighted by atomic mass is 10.2. The summed E-state index contributed by atoms with van der Waals surface area (Å²) in [6, 6.07) is 5.63. The highest BCUT2D eigenvalue weighted by molar-refractivity contribution is 7.13. The maximum absolute atomic E-state index is 12.0. The van der Waals surface area contributed by atoms with Gasteiger partial charge in [0.1, 0.15) is 10.7 Å². The van der Waals surface area contributed by atoms with Crippen LogP contribution >= 0.6 is 11.3 Å². The number of amides is 1. The molecule has 1 aromatic heterocycles. The molecule has 0 radical (unpaired) electrons. The Morgan fingerprint density at radius 1 is 1.45 bits per heavy atom. The molecule has 7 heteroatoms. The molecule has 0 spiro atoms. The first-order valence-corrected chi connectivity index (χ1v) is 7.89. The number of thiazole rings is 1. The molecule has 22 heavy (non-hydrogen) atoms. The molecule has 0 fully saturated rings. The fraction of sp³-hybridized carbons (Fsp3) is 0.333. The third-order valence-corrected chi connectivity index (χ3v) is 4.26. The highest BCUT2D eigenvalue weighted by atomic mass is 32.1. The summed E-state index contributed by atoms with van der Waals surface area (Å²) in [7, 11) is 0. The lowest BCUT2D eigenvalue weighted by Gasteiger charge is -2.08. The molecule has 1 unspecified atom stereocenters. The van der Waals surface area contributed by atoms with Gasteiger partial charge in [0.05, 0.1) is 0 Å². The summed E-state index contributed by atoms with van der Waals surface area (Å²) in [5.41, 5.74) is 6.86. The molecular formula is C15H17N3O3S. The van der Waals surface area contributed by atoms with Crippen molar-refractivity contribution in [2.24, 2.45) is 11.7 Å². The highest BCUT2D eigenvalue weighted by Gasteiger charge is 2.17. The van der Waals surface area contributed by atoms with Crippen LogP contribution in [0.2, 0.25) is 0 Å². The number of hydrogen-bond acceptors (Lipinski definition) is 6. The molecular weight excluding hydrogens is 302 g/mol. The topological polar surface area (TPSA) is 86.5 Å². The van der Waals surface area contributed by atoms with Crippen LogP contribution in [0.1, 0.15) is 17.4 Å². The molecule has 3 rings (SSSR count). The molecule has 1 aliphatic rings. The van der Waals surface area contributed by atoms with Gasteiger partial charge < -0.3 is 20.5 Å². The van der Waals surface area contributed by atoms with Crippen molar-refractivity contribution in [1.29, 1.82) is 0 Å². The molecule has 1 aromatic carbocycles. The number of nitrogens with zero attached hydrogens (tertiary/aromatic N) is 1. The smallest absolute Gasteiger partial charge is 0.270 e. The number of carbonyl (C=O) groups is 1. The Morgan fingerprint density at radius 3 is 3.09 bits per heavy atom. The molecule has 0 saturated heterocycles. The Morgan fingerprint density at radius 2 is 2.27 bits per heavy atom. The van der Waals surface area contributed by atoms with Gasteiger partial charge in [-0.1, -0.05) is 6.92 Å². The monoisotopic (exact) mass is 319 g/mol. The zero-order chi connectivity index (χ0) is 15.5. The van der Waals surface area contributed by atoms with Crippen molar-refractivity contribution < 1.29 is 14.3 Å².